The molecule has 26 heavy (non-hydrogen) atoms. The van der Waals surface area contributed by atoms with Crippen molar-refractivity contribution >= 4 is 17.0 Å². The van der Waals surface area contributed by atoms with Crippen molar-refractivity contribution in [2.24, 2.45) is 0 Å². The standard InChI is InChI=1S/C21H28N2O2S/c1-16-6-7-20(26-16)14-23-10-8-21(9-11-23)13-18(15-25-21)22-17-4-3-5-19(12-17)24-2/h3-7,12,18,22H,8-11,13-15H2,1-2H3/t18-/m1/s1. The van der Waals surface area contributed by atoms with Gasteiger partial charge < -0.3 is 14.8 Å². The van der Waals surface area contributed by atoms with Crippen molar-refractivity contribution < 1.29 is 9.47 Å². The second kappa shape index (κ2) is 7.59. The Morgan fingerprint density at radius 2 is 2.12 bits per heavy atom. The van der Waals surface area contributed by atoms with Gasteiger partial charge in [-0.1, -0.05) is 6.07 Å². The smallest absolute Gasteiger partial charge is 0.120 e. The van der Waals surface area contributed by atoms with E-state index in [4.69, 9.17) is 9.47 Å². The molecule has 4 nitrogen and oxygen atoms in total. The van der Waals surface area contributed by atoms with E-state index in [1.807, 2.05) is 23.5 Å². The van der Waals surface area contributed by atoms with Gasteiger partial charge in [-0.2, -0.15) is 0 Å². The van der Waals surface area contributed by atoms with Crippen molar-refractivity contribution in [1.82, 2.24) is 4.90 Å². The summed E-state index contributed by atoms with van der Waals surface area (Å²) in [5.74, 6) is 0.890. The van der Waals surface area contributed by atoms with Crippen molar-refractivity contribution in [3.8, 4) is 5.75 Å². The number of hydrogen-bond acceptors (Lipinski definition) is 5. The molecular weight excluding hydrogens is 344 g/mol. The van der Waals surface area contributed by atoms with Crippen molar-refractivity contribution in [1.29, 1.82) is 0 Å². The zero-order chi connectivity index (χ0) is 18.0. The van der Waals surface area contributed by atoms with Gasteiger partial charge in [0, 0.05) is 41.1 Å². The molecule has 1 spiro atoms. The van der Waals surface area contributed by atoms with E-state index in [0.29, 0.717) is 6.04 Å². The van der Waals surface area contributed by atoms with Crippen molar-refractivity contribution in [2.45, 2.75) is 44.4 Å². The number of aryl methyl sites for hydroxylation is 1. The number of rotatable bonds is 5. The molecule has 2 saturated heterocycles. The van der Waals surface area contributed by atoms with E-state index in [1.54, 1.807) is 7.11 Å². The van der Waals surface area contributed by atoms with Crippen LogP contribution in [-0.2, 0) is 11.3 Å². The first-order valence-corrected chi connectivity index (χ1v) is 10.3. The topological polar surface area (TPSA) is 33.7 Å². The van der Waals surface area contributed by atoms with Gasteiger partial charge >= 0.3 is 0 Å². The molecular formula is C21H28N2O2S. The highest BCUT2D eigenvalue weighted by Gasteiger charge is 2.42. The molecule has 1 atom stereocenters. The Morgan fingerprint density at radius 3 is 2.85 bits per heavy atom. The molecule has 2 aliphatic heterocycles. The summed E-state index contributed by atoms with van der Waals surface area (Å²) >= 11 is 1.92. The van der Waals surface area contributed by atoms with E-state index in [2.05, 4.69) is 41.4 Å². The van der Waals surface area contributed by atoms with Gasteiger partial charge in [-0.15, -0.1) is 11.3 Å². The number of anilines is 1. The maximum absolute atomic E-state index is 6.31. The van der Waals surface area contributed by atoms with E-state index in [0.717, 1.165) is 56.9 Å². The number of methoxy groups -OCH3 is 1. The fraction of sp³-hybridized carbons (Fsp3) is 0.524. The number of benzene rings is 1. The van der Waals surface area contributed by atoms with Crippen LogP contribution in [0, 0.1) is 6.92 Å². The van der Waals surface area contributed by atoms with Crippen molar-refractivity contribution in [3.63, 3.8) is 0 Å². The molecule has 2 fully saturated rings. The predicted octanol–water partition coefficient (Wildman–Crippen LogP) is 4.30. The van der Waals surface area contributed by atoms with E-state index >= 15 is 0 Å². The summed E-state index contributed by atoms with van der Waals surface area (Å²) in [5.41, 5.74) is 1.18. The van der Waals surface area contributed by atoms with Crippen LogP contribution in [0.25, 0.3) is 0 Å². The molecule has 0 amide bonds. The Hall–Kier alpha value is -1.56. The molecule has 0 aliphatic carbocycles. The van der Waals surface area contributed by atoms with Gasteiger partial charge in [0.1, 0.15) is 5.75 Å². The Balaban J connectivity index is 1.29. The third-order valence-corrected chi connectivity index (χ3v) is 6.58. The molecule has 0 radical (unpaired) electrons. The molecule has 4 rings (SSSR count). The van der Waals surface area contributed by atoms with Gasteiger partial charge in [-0.25, -0.2) is 0 Å². The van der Waals surface area contributed by atoms with Gasteiger partial charge in [0.05, 0.1) is 25.4 Å². The minimum absolute atomic E-state index is 0.0679. The number of ether oxygens (including phenoxy) is 2. The summed E-state index contributed by atoms with van der Waals surface area (Å²) in [6.07, 6.45) is 3.36. The van der Waals surface area contributed by atoms with Crippen LogP contribution in [0.15, 0.2) is 36.4 Å². The molecule has 2 aromatic rings. The predicted molar refractivity (Wildman–Crippen MR) is 107 cm³/mol. The van der Waals surface area contributed by atoms with Crippen LogP contribution in [0.5, 0.6) is 5.75 Å². The third-order valence-electron chi connectivity index (χ3n) is 5.59. The first kappa shape index (κ1) is 17.8. The summed E-state index contributed by atoms with van der Waals surface area (Å²) in [5, 5.41) is 3.62. The monoisotopic (exact) mass is 372 g/mol. The lowest BCUT2D eigenvalue weighted by Crippen LogP contribution is -2.44. The third kappa shape index (κ3) is 4.05. The van der Waals surface area contributed by atoms with Crippen LogP contribution in [0.2, 0.25) is 0 Å². The van der Waals surface area contributed by atoms with Crippen LogP contribution in [0.3, 0.4) is 0 Å². The van der Waals surface area contributed by atoms with Gasteiger partial charge in [0.15, 0.2) is 0 Å². The molecule has 2 aliphatic rings. The Kier molecular flexibility index (Phi) is 5.20. The Bertz CT molecular complexity index is 737. The molecule has 140 valence electrons. The fourth-order valence-electron chi connectivity index (χ4n) is 4.14. The minimum atomic E-state index is 0.0679. The first-order chi connectivity index (χ1) is 12.6. The molecule has 5 heteroatoms. The summed E-state index contributed by atoms with van der Waals surface area (Å²) < 4.78 is 11.6. The lowest BCUT2D eigenvalue weighted by molar-refractivity contribution is -0.0446. The number of piperidine rings is 1. The average Bonchev–Trinajstić information content (AvgIpc) is 3.24. The first-order valence-electron chi connectivity index (χ1n) is 9.46. The highest BCUT2D eigenvalue weighted by molar-refractivity contribution is 7.11. The second-order valence-electron chi connectivity index (χ2n) is 7.56. The van der Waals surface area contributed by atoms with Crippen molar-refractivity contribution in [2.75, 3.05) is 32.1 Å². The highest BCUT2D eigenvalue weighted by atomic mass is 32.1. The quantitative estimate of drug-likeness (QED) is 0.848. The van der Waals surface area contributed by atoms with Gasteiger partial charge in [0.2, 0.25) is 0 Å². The zero-order valence-corrected chi connectivity index (χ0v) is 16.5. The molecule has 3 heterocycles. The van der Waals surface area contributed by atoms with Crippen LogP contribution < -0.4 is 10.1 Å². The van der Waals surface area contributed by atoms with E-state index < -0.39 is 0 Å². The fourth-order valence-corrected chi connectivity index (χ4v) is 5.08. The zero-order valence-electron chi connectivity index (χ0n) is 15.7. The van der Waals surface area contributed by atoms with Crippen molar-refractivity contribution in [3.05, 3.63) is 46.2 Å². The number of likely N-dealkylation sites (tertiary alicyclic amines) is 1. The normalized spacial score (nSPS) is 22.6. The summed E-state index contributed by atoms with van der Waals surface area (Å²) in [7, 11) is 1.71. The molecule has 0 unspecified atom stereocenters. The van der Waals surface area contributed by atoms with Gasteiger partial charge in [0.25, 0.3) is 0 Å². The number of thiophene rings is 1. The lowest BCUT2D eigenvalue weighted by Gasteiger charge is -2.38. The SMILES string of the molecule is COc1cccc(N[C@H]2COC3(CCN(Cc4ccc(C)s4)CC3)C2)c1. The number of nitrogens with one attached hydrogen (secondary N) is 1. The summed E-state index contributed by atoms with van der Waals surface area (Å²) in [6.45, 7) is 6.31. The summed E-state index contributed by atoms with van der Waals surface area (Å²) in [4.78, 5) is 5.45. The van der Waals surface area contributed by atoms with Crippen LogP contribution >= 0.6 is 11.3 Å². The Morgan fingerprint density at radius 1 is 1.27 bits per heavy atom. The molecule has 0 bridgehead atoms. The maximum atomic E-state index is 6.31. The van der Waals surface area contributed by atoms with Gasteiger partial charge in [-0.05, 0) is 50.5 Å². The number of hydrogen-bond donors (Lipinski definition) is 1. The maximum Gasteiger partial charge on any atom is 0.120 e. The number of nitrogens with zero attached hydrogens (tertiary/aromatic N) is 1. The second-order valence-corrected chi connectivity index (χ2v) is 8.93. The van der Waals surface area contributed by atoms with Crippen LogP contribution in [0.4, 0.5) is 5.69 Å². The van der Waals surface area contributed by atoms with Gasteiger partial charge in [-0.3, -0.25) is 4.90 Å². The average molecular weight is 373 g/mol. The summed E-state index contributed by atoms with van der Waals surface area (Å²) in [6, 6.07) is 13.0. The van der Waals surface area contributed by atoms with Crippen LogP contribution in [0.1, 0.15) is 29.0 Å². The minimum Gasteiger partial charge on any atom is -0.497 e. The van der Waals surface area contributed by atoms with E-state index in [-0.39, 0.29) is 5.60 Å². The largest absolute Gasteiger partial charge is 0.497 e. The van der Waals surface area contributed by atoms with Crippen LogP contribution in [-0.4, -0.2) is 43.3 Å². The lowest BCUT2D eigenvalue weighted by atomic mass is 9.87. The highest BCUT2D eigenvalue weighted by Crippen LogP contribution is 2.37. The Labute approximate surface area is 160 Å². The van der Waals surface area contributed by atoms with E-state index in [9.17, 15) is 0 Å². The molecule has 1 aromatic carbocycles. The molecule has 0 saturated carbocycles. The van der Waals surface area contributed by atoms with E-state index in [1.165, 1.54) is 9.75 Å². The molecule has 1 N–H and O–H groups in total. The molecule has 1 aromatic heterocycles.